The van der Waals surface area contributed by atoms with Crippen molar-refractivity contribution in [1.82, 2.24) is 15.1 Å². The zero-order valence-electron chi connectivity index (χ0n) is 18.7. The molecule has 0 amide bonds. The van der Waals surface area contributed by atoms with Gasteiger partial charge in [0.25, 0.3) is 5.69 Å². The summed E-state index contributed by atoms with van der Waals surface area (Å²) in [6, 6.07) is 19.1. The van der Waals surface area contributed by atoms with Gasteiger partial charge >= 0.3 is 5.97 Å². The Balaban J connectivity index is 1.64. The van der Waals surface area contributed by atoms with Gasteiger partial charge in [0, 0.05) is 23.3 Å². The van der Waals surface area contributed by atoms with E-state index in [0.717, 1.165) is 4.79 Å². The molecule has 1 aromatic heterocycles. The molecule has 176 valence electrons. The van der Waals surface area contributed by atoms with Crippen molar-refractivity contribution in [2.45, 2.75) is 0 Å². The molecule has 0 radical (unpaired) electrons. The zero-order valence-corrected chi connectivity index (χ0v) is 18.7. The summed E-state index contributed by atoms with van der Waals surface area (Å²) in [7, 11) is 3.08. The van der Waals surface area contributed by atoms with Crippen LogP contribution in [0.4, 0.5) is 5.69 Å². The summed E-state index contributed by atoms with van der Waals surface area (Å²) in [5.41, 5.74) is 1.81. The van der Waals surface area contributed by atoms with Crippen LogP contribution < -0.4 is 9.47 Å². The van der Waals surface area contributed by atoms with Crippen molar-refractivity contribution in [2.75, 3.05) is 14.2 Å². The molecule has 0 saturated heterocycles. The Morgan fingerprint density at radius 3 is 2.00 bits per heavy atom. The monoisotopic (exact) mass is 473 g/mol. The maximum absolute atomic E-state index is 12.8. The van der Waals surface area contributed by atoms with Gasteiger partial charge in [-0.3, -0.25) is 10.1 Å². The van der Waals surface area contributed by atoms with Crippen LogP contribution in [0.3, 0.4) is 0 Å². The molecule has 0 unspecified atom stereocenters. The Morgan fingerprint density at radius 2 is 1.46 bits per heavy atom. The van der Waals surface area contributed by atoms with E-state index in [0.29, 0.717) is 33.9 Å². The molecule has 0 N–H and O–H groups in total. The summed E-state index contributed by atoms with van der Waals surface area (Å²) < 4.78 is 15.9. The van der Waals surface area contributed by atoms with Gasteiger partial charge in [-0.05, 0) is 65.9 Å². The van der Waals surface area contributed by atoms with Crippen LogP contribution >= 0.6 is 0 Å². The number of non-ortho nitro benzene ring substituents is 1. The van der Waals surface area contributed by atoms with E-state index in [1.807, 2.05) is 0 Å². The highest BCUT2D eigenvalue weighted by molar-refractivity contribution is 6.05. The van der Waals surface area contributed by atoms with Crippen molar-refractivity contribution < 1.29 is 23.9 Å². The Hall–Kier alpha value is -5.06. The van der Waals surface area contributed by atoms with Crippen LogP contribution in [0.5, 0.6) is 11.5 Å². The second-order valence-electron chi connectivity index (χ2n) is 7.08. The average molecular weight is 473 g/mol. The normalized spacial score (nSPS) is 11.1. The average Bonchev–Trinajstić information content (AvgIpc) is 3.37. The summed E-state index contributed by atoms with van der Waals surface area (Å²) in [6.07, 6.45) is 1.51. The van der Waals surface area contributed by atoms with Crippen LogP contribution in [0, 0.1) is 10.1 Å². The summed E-state index contributed by atoms with van der Waals surface area (Å²) in [4.78, 5) is 24.3. The van der Waals surface area contributed by atoms with Gasteiger partial charge in [-0.25, -0.2) is 4.79 Å². The topological polar surface area (TPSA) is 131 Å². The minimum atomic E-state index is -0.627. The van der Waals surface area contributed by atoms with E-state index < -0.39 is 10.9 Å². The molecule has 35 heavy (non-hydrogen) atoms. The fraction of sp³-hybridized carbons (Fsp3) is 0.0833. The number of esters is 1. The largest absolute Gasteiger partial charge is 0.497 e. The lowest BCUT2D eigenvalue weighted by atomic mass is 10.1. The van der Waals surface area contributed by atoms with Crippen LogP contribution in [-0.2, 0) is 4.74 Å². The molecule has 0 aliphatic rings. The van der Waals surface area contributed by atoms with Crippen LogP contribution in [0.1, 0.15) is 15.9 Å². The second-order valence-corrected chi connectivity index (χ2v) is 7.08. The van der Waals surface area contributed by atoms with Crippen LogP contribution in [-0.4, -0.2) is 46.1 Å². The third-order valence-corrected chi connectivity index (χ3v) is 4.90. The van der Waals surface area contributed by atoms with E-state index in [2.05, 4.69) is 15.4 Å². The van der Waals surface area contributed by atoms with E-state index in [1.54, 1.807) is 67.8 Å². The summed E-state index contributed by atoms with van der Waals surface area (Å²) >= 11 is 0. The summed E-state index contributed by atoms with van der Waals surface area (Å²) in [5.74, 6) is 0.578. The number of aromatic nitrogens is 3. The van der Waals surface area contributed by atoms with Crippen molar-refractivity contribution >= 4 is 17.6 Å². The molecule has 0 aliphatic carbocycles. The van der Waals surface area contributed by atoms with Crippen molar-refractivity contribution in [3.63, 3.8) is 0 Å². The number of nitro groups is 1. The highest BCUT2D eigenvalue weighted by Crippen LogP contribution is 2.21. The fourth-order valence-electron chi connectivity index (χ4n) is 3.03. The van der Waals surface area contributed by atoms with Crippen molar-refractivity contribution in [3.05, 3.63) is 100 Å². The molecule has 4 aromatic rings. The molecular formula is C24H19N5O6. The Labute approximate surface area is 199 Å². The predicted octanol–water partition coefficient (Wildman–Crippen LogP) is 3.94. The number of carbonyl (C=O) groups excluding carboxylic acids is 1. The molecule has 0 aliphatic heterocycles. The number of methoxy groups -OCH3 is 2. The van der Waals surface area contributed by atoms with Gasteiger partial charge in [0.1, 0.15) is 17.2 Å². The number of hydrogen-bond acceptors (Lipinski definition) is 9. The molecule has 3 aromatic carbocycles. The molecule has 0 spiro atoms. The molecule has 0 fully saturated rings. The Kier molecular flexibility index (Phi) is 6.77. The number of nitro benzene ring substituents is 1. The summed E-state index contributed by atoms with van der Waals surface area (Å²) in [6.45, 7) is 0. The first kappa shape index (κ1) is 23.1. The molecule has 11 nitrogen and oxygen atoms in total. The van der Waals surface area contributed by atoms with E-state index in [4.69, 9.17) is 14.2 Å². The number of rotatable bonds is 7. The minimum Gasteiger partial charge on any atom is -0.497 e. The maximum Gasteiger partial charge on any atom is 0.344 e. The van der Waals surface area contributed by atoms with E-state index >= 15 is 0 Å². The van der Waals surface area contributed by atoms with Gasteiger partial charge in [-0.1, -0.05) is 0 Å². The quantitative estimate of drug-likeness (QED) is 0.130. The van der Waals surface area contributed by atoms with Crippen molar-refractivity contribution in [3.8, 4) is 22.8 Å². The van der Waals surface area contributed by atoms with Gasteiger partial charge in [-0.2, -0.15) is 0 Å². The molecule has 1 heterocycles. The van der Waals surface area contributed by atoms with Gasteiger partial charge in [0.2, 0.25) is 5.90 Å². The molecule has 0 bridgehead atoms. The number of nitrogens with zero attached hydrogens (tertiary/aromatic N) is 5. The van der Waals surface area contributed by atoms with Crippen molar-refractivity contribution in [1.29, 1.82) is 0 Å². The Bertz CT molecular complexity index is 1360. The van der Waals surface area contributed by atoms with Crippen LogP contribution in [0.25, 0.3) is 11.3 Å². The number of carbonyl (C=O) groups is 1. The van der Waals surface area contributed by atoms with Crippen LogP contribution in [0.2, 0.25) is 0 Å². The van der Waals surface area contributed by atoms with E-state index in [-0.39, 0.29) is 11.6 Å². The molecule has 0 atom stereocenters. The first-order chi connectivity index (χ1) is 17.0. The molecule has 11 heteroatoms. The lowest BCUT2D eigenvalue weighted by molar-refractivity contribution is -0.384. The number of ether oxygens (including phenoxy) is 3. The SMILES string of the molecule is COc1ccc(C(=O)O/C(=N/n2cc(-c3ccc([N+](=O)[O-])cc3)nn2)c2ccc(OC)cc2)cc1. The summed E-state index contributed by atoms with van der Waals surface area (Å²) in [5, 5.41) is 23.2. The lowest BCUT2D eigenvalue weighted by Gasteiger charge is -2.09. The van der Waals surface area contributed by atoms with Gasteiger partial charge in [0.05, 0.1) is 30.9 Å². The zero-order chi connectivity index (χ0) is 24.8. The third kappa shape index (κ3) is 5.47. The molecular weight excluding hydrogens is 454 g/mol. The fourth-order valence-corrected chi connectivity index (χ4v) is 3.03. The predicted molar refractivity (Wildman–Crippen MR) is 125 cm³/mol. The minimum absolute atomic E-state index is 0.0198. The number of benzene rings is 3. The molecule has 4 rings (SSSR count). The number of hydrogen-bond donors (Lipinski definition) is 0. The first-order valence-electron chi connectivity index (χ1n) is 10.2. The van der Waals surface area contributed by atoms with Gasteiger partial charge in [0.15, 0.2) is 0 Å². The smallest absolute Gasteiger partial charge is 0.344 e. The maximum atomic E-state index is 12.8. The first-order valence-corrected chi connectivity index (χ1v) is 10.2. The van der Waals surface area contributed by atoms with E-state index in [1.165, 1.54) is 25.4 Å². The third-order valence-electron chi connectivity index (χ3n) is 4.90. The van der Waals surface area contributed by atoms with Gasteiger partial charge in [-0.15, -0.1) is 15.0 Å². The Morgan fingerprint density at radius 1 is 0.886 bits per heavy atom. The van der Waals surface area contributed by atoms with E-state index in [9.17, 15) is 14.9 Å². The van der Waals surface area contributed by atoms with Crippen molar-refractivity contribution in [2.24, 2.45) is 5.10 Å². The van der Waals surface area contributed by atoms with Gasteiger partial charge < -0.3 is 14.2 Å². The highest BCUT2D eigenvalue weighted by atomic mass is 16.6. The lowest BCUT2D eigenvalue weighted by Crippen LogP contribution is -2.15. The standard InChI is InChI=1S/C24H19N5O6/c1-33-20-11-5-17(6-12-20)23(35-24(30)18-7-13-21(34-2)14-8-18)26-28-15-22(25-27-28)16-3-9-19(10-4-16)29(31)32/h3-15H,1-2H3/b26-23+. The molecule has 0 saturated carbocycles. The second kappa shape index (κ2) is 10.3. The highest BCUT2D eigenvalue weighted by Gasteiger charge is 2.16. The van der Waals surface area contributed by atoms with Crippen LogP contribution in [0.15, 0.2) is 84.1 Å².